The van der Waals surface area contributed by atoms with Gasteiger partial charge in [0.05, 0.1) is 39.6 Å². The lowest BCUT2D eigenvalue weighted by molar-refractivity contribution is -0.207. The fraction of sp³-hybridized carbons (Fsp3) is 0.286. The minimum absolute atomic E-state index is 0.0318. The summed E-state index contributed by atoms with van der Waals surface area (Å²) in [5.74, 6) is 0. The van der Waals surface area contributed by atoms with Gasteiger partial charge >= 0.3 is 0 Å². The van der Waals surface area contributed by atoms with Crippen LogP contribution in [0.15, 0.2) is 144 Å². The van der Waals surface area contributed by atoms with E-state index >= 15 is 0 Å². The van der Waals surface area contributed by atoms with Crippen molar-refractivity contribution in [1.29, 1.82) is 0 Å². The van der Waals surface area contributed by atoms with Gasteiger partial charge in [0.15, 0.2) is 0 Å². The molecule has 0 heterocycles. The molecule has 5 rings (SSSR count). The molecule has 5 atom stereocenters. The van der Waals surface area contributed by atoms with Gasteiger partial charge in [0.1, 0.15) is 30.5 Å². The van der Waals surface area contributed by atoms with E-state index in [1.165, 1.54) is 0 Å². The van der Waals surface area contributed by atoms with Gasteiger partial charge in [0.2, 0.25) is 0 Å². The van der Waals surface area contributed by atoms with E-state index in [1.807, 2.05) is 140 Å². The van der Waals surface area contributed by atoms with Crippen LogP contribution in [0.2, 0.25) is 0 Å². The summed E-state index contributed by atoms with van der Waals surface area (Å²) in [6.07, 6.45) is -5.20. The first-order chi connectivity index (χ1) is 24.5. The van der Waals surface area contributed by atoms with Crippen molar-refractivity contribution >= 4 is 15.9 Å². The summed E-state index contributed by atoms with van der Waals surface area (Å²) in [6, 6.07) is 44.8. The maximum atomic E-state index is 12.2. The number of ether oxygens (including phenoxy) is 5. The van der Waals surface area contributed by atoms with E-state index in [0.717, 1.165) is 32.3 Å². The molecule has 262 valence electrons. The van der Waals surface area contributed by atoms with Gasteiger partial charge in [-0.05, 0) is 45.5 Å². The molecule has 7 nitrogen and oxygen atoms in total. The van der Waals surface area contributed by atoms with Crippen molar-refractivity contribution in [3.63, 3.8) is 0 Å². The molecule has 0 aliphatic carbocycles. The van der Waals surface area contributed by atoms with E-state index in [1.54, 1.807) is 7.11 Å². The van der Waals surface area contributed by atoms with Crippen molar-refractivity contribution in [3.05, 3.63) is 177 Å². The molecule has 0 bridgehead atoms. The summed E-state index contributed by atoms with van der Waals surface area (Å²) in [7, 11) is 1.63. The number of aliphatic hydroxyl groups is 2. The lowest BCUT2D eigenvalue weighted by atomic mass is 9.93. The van der Waals surface area contributed by atoms with Crippen LogP contribution >= 0.6 is 15.9 Å². The second-order valence-electron chi connectivity index (χ2n) is 12.1. The van der Waals surface area contributed by atoms with Gasteiger partial charge in [-0.15, -0.1) is 0 Å². The van der Waals surface area contributed by atoms with Crippen LogP contribution in [0.4, 0.5) is 0 Å². The van der Waals surface area contributed by atoms with E-state index in [4.69, 9.17) is 23.7 Å². The molecule has 0 radical (unpaired) electrons. The highest BCUT2D eigenvalue weighted by Gasteiger charge is 2.41. The first kappa shape index (κ1) is 37.6. The molecule has 0 aromatic heterocycles. The summed E-state index contributed by atoms with van der Waals surface area (Å²) in [5.41, 5.74) is 5.25. The number of hydrogen-bond acceptors (Lipinski definition) is 7. The fourth-order valence-electron chi connectivity index (χ4n) is 5.72. The van der Waals surface area contributed by atoms with Crippen LogP contribution < -0.4 is 0 Å². The van der Waals surface area contributed by atoms with Crippen molar-refractivity contribution in [3.8, 4) is 0 Å². The Labute approximate surface area is 303 Å². The molecule has 0 saturated carbocycles. The molecule has 5 aromatic carbocycles. The van der Waals surface area contributed by atoms with Crippen LogP contribution in [0.25, 0.3) is 0 Å². The topological polar surface area (TPSA) is 86.6 Å². The Morgan fingerprint density at radius 3 is 1.42 bits per heavy atom. The summed E-state index contributed by atoms with van der Waals surface area (Å²) in [4.78, 5) is 0. The molecule has 0 fully saturated rings. The van der Waals surface area contributed by atoms with Gasteiger partial charge in [-0.25, -0.2) is 0 Å². The van der Waals surface area contributed by atoms with E-state index in [-0.39, 0.29) is 26.4 Å². The van der Waals surface area contributed by atoms with Crippen LogP contribution in [-0.4, -0.2) is 48.3 Å². The number of rotatable bonds is 20. The second kappa shape index (κ2) is 20.2. The SMILES string of the molecule is COCc1cc(Br)cc(C(O)[C@H](OCc2ccccc2)[C@@H](OCc2ccccc2)[C@H](OCc2ccccc2)[C@H](O)COCc2ccccc2)c1. The predicted molar refractivity (Wildman–Crippen MR) is 197 cm³/mol. The van der Waals surface area contributed by atoms with Crippen molar-refractivity contribution in [2.24, 2.45) is 0 Å². The number of hydrogen-bond donors (Lipinski definition) is 2. The van der Waals surface area contributed by atoms with Crippen LogP contribution in [0, 0.1) is 0 Å². The molecule has 5 aromatic rings. The van der Waals surface area contributed by atoms with Crippen LogP contribution in [0.3, 0.4) is 0 Å². The van der Waals surface area contributed by atoms with Crippen molar-refractivity contribution in [2.45, 2.75) is 63.6 Å². The number of aliphatic hydroxyl groups excluding tert-OH is 2. The summed E-state index contributed by atoms with van der Waals surface area (Å²) in [6.45, 7) is 1.23. The molecule has 0 aliphatic heterocycles. The highest BCUT2D eigenvalue weighted by molar-refractivity contribution is 9.10. The first-order valence-electron chi connectivity index (χ1n) is 16.7. The third-order valence-corrected chi connectivity index (χ3v) is 8.68. The minimum atomic E-state index is -1.17. The first-order valence-corrected chi connectivity index (χ1v) is 17.5. The third kappa shape index (κ3) is 11.7. The van der Waals surface area contributed by atoms with Gasteiger partial charge in [0.25, 0.3) is 0 Å². The standard InChI is InChI=1S/C42H45BrO7/c1-46-25-35-22-36(24-37(43)23-35)39(45)41(49-28-33-18-10-4-11-19-33)42(50-29-34-20-12-5-13-21-34)40(48-27-32-16-8-3-9-17-32)38(44)30-47-26-31-14-6-2-7-15-31/h2-24,38-42,44-45H,25-30H2,1H3/t38-,39?,40-,41+,42+/m1/s1. The molecule has 2 N–H and O–H groups in total. The Morgan fingerprint density at radius 1 is 0.500 bits per heavy atom. The molecule has 8 heteroatoms. The van der Waals surface area contributed by atoms with E-state index < -0.39 is 30.5 Å². The summed E-state index contributed by atoms with van der Waals surface area (Å²) in [5, 5.41) is 24.1. The molecule has 0 saturated heterocycles. The molecule has 0 aliphatic rings. The lowest BCUT2D eigenvalue weighted by Gasteiger charge is -2.38. The average molecular weight is 742 g/mol. The Bertz CT molecular complexity index is 1660. The van der Waals surface area contributed by atoms with Gasteiger partial charge < -0.3 is 33.9 Å². The highest BCUT2D eigenvalue weighted by atomic mass is 79.9. The zero-order valence-corrected chi connectivity index (χ0v) is 29.8. The Kier molecular flexibility index (Phi) is 15.2. The van der Waals surface area contributed by atoms with E-state index in [2.05, 4.69) is 15.9 Å². The van der Waals surface area contributed by atoms with Crippen LogP contribution in [0.1, 0.15) is 39.5 Å². The third-order valence-electron chi connectivity index (χ3n) is 8.23. The fourth-order valence-corrected chi connectivity index (χ4v) is 6.28. The molecule has 0 spiro atoms. The predicted octanol–water partition coefficient (Wildman–Crippen LogP) is 7.96. The lowest BCUT2D eigenvalue weighted by Crippen LogP contribution is -2.51. The molecular formula is C42H45BrO7. The largest absolute Gasteiger partial charge is 0.388 e. The zero-order chi connectivity index (χ0) is 35.0. The molecule has 50 heavy (non-hydrogen) atoms. The second-order valence-corrected chi connectivity index (χ2v) is 13.0. The Hall–Kier alpha value is -3.70. The highest BCUT2D eigenvalue weighted by Crippen LogP contribution is 2.32. The molecule has 0 amide bonds. The van der Waals surface area contributed by atoms with Crippen LogP contribution in [0.5, 0.6) is 0 Å². The van der Waals surface area contributed by atoms with Gasteiger partial charge in [-0.2, -0.15) is 0 Å². The maximum Gasteiger partial charge on any atom is 0.117 e. The summed E-state index contributed by atoms with van der Waals surface area (Å²) < 4.78 is 32.1. The average Bonchev–Trinajstić information content (AvgIpc) is 3.15. The van der Waals surface area contributed by atoms with Crippen molar-refractivity contribution in [1.82, 2.24) is 0 Å². The van der Waals surface area contributed by atoms with E-state index in [9.17, 15) is 10.2 Å². The monoisotopic (exact) mass is 740 g/mol. The maximum absolute atomic E-state index is 12.2. The minimum Gasteiger partial charge on any atom is -0.388 e. The van der Waals surface area contributed by atoms with Gasteiger partial charge in [0, 0.05) is 11.6 Å². The van der Waals surface area contributed by atoms with Crippen LogP contribution in [-0.2, 0) is 56.7 Å². The Morgan fingerprint density at radius 2 is 0.940 bits per heavy atom. The number of benzene rings is 5. The molecule has 1 unspecified atom stereocenters. The Balaban J connectivity index is 1.52. The molecular weight excluding hydrogens is 696 g/mol. The number of halogens is 1. The van der Waals surface area contributed by atoms with Crippen molar-refractivity contribution in [2.75, 3.05) is 13.7 Å². The van der Waals surface area contributed by atoms with Gasteiger partial charge in [-0.1, -0.05) is 143 Å². The summed E-state index contributed by atoms with van der Waals surface area (Å²) >= 11 is 3.61. The zero-order valence-electron chi connectivity index (χ0n) is 28.2. The normalized spacial score (nSPS) is 14.5. The van der Waals surface area contributed by atoms with Crippen molar-refractivity contribution < 1.29 is 33.9 Å². The van der Waals surface area contributed by atoms with Gasteiger partial charge in [-0.3, -0.25) is 0 Å². The smallest absolute Gasteiger partial charge is 0.117 e. The number of methoxy groups -OCH3 is 1. The quantitative estimate of drug-likeness (QED) is 0.0838. The van der Waals surface area contributed by atoms with E-state index in [0.29, 0.717) is 18.8 Å².